The van der Waals surface area contributed by atoms with Gasteiger partial charge >= 0.3 is 0 Å². The van der Waals surface area contributed by atoms with E-state index in [-0.39, 0.29) is 0 Å². The maximum absolute atomic E-state index is 12.0. The molecular formula is C17H18N2O3S. The highest BCUT2D eigenvalue weighted by Gasteiger charge is 2.53. The van der Waals surface area contributed by atoms with E-state index in [1.165, 1.54) is 6.26 Å². The van der Waals surface area contributed by atoms with Crippen molar-refractivity contribution in [2.45, 2.75) is 36.9 Å². The second-order valence-electron chi connectivity index (χ2n) is 6.39. The molecule has 2 aromatic rings. The van der Waals surface area contributed by atoms with Crippen molar-refractivity contribution in [2.24, 2.45) is 0 Å². The number of nitrogens with zero attached hydrogens (tertiary/aromatic N) is 2. The summed E-state index contributed by atoms with van der Waals surface area (Å²) in [5.41, 5.74) is 2.81. The number of rotatable bonds is 4. The molecule has 6 heteroatoms. The predicted molar refractivity (Wildman–Crippen MR) is 87.3 cm³/mol. The van der Waals surface area contributed by atoms with E-state index < -0.39 is 14.6 Å². The summed E-state index contributed by atoms with van der Waals surface area (Å²) in [5, 5.41) is 4.04. The van der Waals surface area contributed by atoms with Crippen LogP contribution in [-0.4, -0.2) is 24.8 Å². The molecule has 1 saturated carbocycles. The van der Waals surface area contributed by atoms with E-state index in [4.69, 9.17) is 4.52 Å². The molecule has 1 aromatic heterocycles. The summed E-state index contributed by atoms with van der Waals surface area (Å²) in [6.07, 6.45) is 8.04. The fourth-order valence-electron chi connectivity index (χ4n) is 3.25. The quantitative estimate of drug-likeness (QED) is 0.859. The Morgan fingerprint density at radius 3 is 2.48 bits per heavy atom. The van der Waals surface area contributed by atoms with Crippen LogP contribution >= 0.6 is 0 Å². The van der Waals surface area contributed by atoms with Crippen molar-refractivity contribution in [3.8, 4) is 11.4 Å². The van der Waals surface area contributed by atoms with Gasteiger partial charge in [0.2, 0.25) is 5.82 Å². The molecule has 23 heavy (non-hydrogen) atoms. The van der Waals surface area contributed by atoms with Crippen molar-refractivity contribution in [3.63, 3.8) is 0 Å². The maximum atomic E-state index is 12.0. The largest absolute Gasteiger partial charge is 0.334 e. The predicted octanol–water partition coefficient (Wildman–Crippen LogP) is 3.34. The lowest BCUT2D eigenvalue weighted by molar-refractivity contribution is 0.407. The van der Waals surface area contributed by atoms with Crippen LogP contribution < -0.4 is 0 Å². The van der Waals surface area contributed by atoms with Crippen molar-refractivity contribution in [1.82, 2.24) is 10.1 Å². The summed E-state index contributed by atoms with van der Waals surface area (Å²) < 4.78 is 28.6. The highest BCUT2D eigenvalue weighted by molar-refractivity contribution is 7.92. The molecule has 0 saturated heterocycles. The first-order valence-electron chi connectivity index (χ1n) is 7.83. The van der Waals surface area contributed by atoms with Gasteiger partial charge in [0.25, 0.3) is 5.89 Å². The van der Waals surface area contributed by atoms with Crippen molar-refractivity contribution in [2.75, 3.05) is 6.26 Å². The molecule has 0 amide bonds. The Balaban J connectivity index is 1.62. The van der Waals surface area contributed by atoms with E-state index in [2.05, 4.69) is 16.2 Å². The zero-order chi connectivity index (χ0) is 16.1. The minimum absolute atomic E-state index is 0.545. The maximum Gasteiger partial charge on any atom is 0.253 e. The Morgan fingerprint density at radius 1 is 1.17 bits per heavy atom. The van der Waals surface area contributed by atoms with Gasteiger partial charge in [-0.2, -0.15) is 4.98 Å². The lowest BCUT2D eigenvalue weighted by Crippen LogP contribution is -2.19. The lowest BCUT2D eigenvalue weighted by atomic mass is 10.1. The molecule has 0 atom stereocenters. The fraction of sp³-hybridized carbons (Fsp3) is 0.412. The second-order valence-corrected chi connectivity index (χ2v) is 8.71. The van der Waals surface area contributed by atoms with Gasteiger partial charge in [-0.1, -0.05) is 35.5 Å². The summed E-state index contributed by atoms with van der Waals surface area (Å²) in [4.78, 5) is 4.45. The van der Waals surface area contributed by atoms with E-state index in [1.807, 2.05) is 24.3 Å². The summed E-state index contributed by atoms with van der Waals surface area (Å²) >= 11 is 0. The summed E-state index contributed by atoms with van der Waals surface area (Å²) in [7, 11) is -3.09. The molecule has 120 valence electrons. The first-order valence-corrected chi connectivity index (χ1v) is 9.72. The zero-order valence-corrected chi connectivity index (χ0v) is 13.8. The van der Waals surface area contributed by atoms with E-state index in [9.17, 15) is 8.42 Å². The minimum Gasteiger partial charge on any atom is -0.334 e. The number of allylic oxidation sites excluding steroid dienone is 2. The first-order chi connectivity index (χ1) is 11.0. The smallest absolute Gasteiger partial charge is 0.253 e. The first kappa shape index (κ1) is 14.6. The normalized spacial score (nSPS) is 19.6. The Kier molecular flexibility index (Phi) is 3.20. The van der Waals surface area contributed by atoms with Gasteiger partial charge in [-0.25, -0.2) is 8.42 Å². The van der Waals surface area contributed by atoms with Gasteiger partial charge in [-0.3, -0.25) is 0 Å². The molecular weight excluding hydrogens is 312 g/mol. The molecule has 5 nitrogen and oxygen atoms in total. The Labute approximate surface area is 135 Å². The fourth-order valence-corrected chi connectivity index (χ4v) is 4.65. The van der Waals surface area contributed by atoms with Gasteiger partial charge < -0.3 is 4.52 Å². The standard InChI is InChI=1S/C17H18N2O3S/c1-23(20,21)17(10-11-17)14-8-6-12(7-9-14)15-18-16(22-19-15)13-4-2-3-5-13/h4,6-9H,2-3,5,10-11H2,1H3. The molecule has 0 radical (unpaired) electrons. The number of hydrogen-bond acceptors (Lipinski definition) is 5. The van der Waals surface area contributed by atoms with Crippen LogP contribution in [-0.2, 0) is 14.6 Å². The zero-order valence-electron chi connectivity index (χ0n) is 12.9. The van der Waals surface area contributed by atoms with Crippen molar-refractivity contribution >= 4 is 15.4 Å². The SMILES string of the molecule is CS(=O)(=O)C1(c2ccc(-c3noc(C4=CCCC4)n3)cc2)CC1. The molecule has 0 N–H and O–H groups in total. The number of benzene rings is 1. The molecule has 2 aliphatic carbocycles. The molecule has 1 heterocycles. The number of sulfone groups is 1. The molecule has 1 aromatic carbocycles. The van der Waals surface area contributed by atoms with Gasteiger partial charge in [0.1, 0.15) is 0 Å². The van der Waals surface area contributed by atoms with E-state index in [1.54, 1.807) is 0 Å². The second kappa shape index (κ2) is 5.03. The van der Waals surface area contributed by atoms with Crippen molar-refractivity contribution in [1.29, 1.82) is 0 Å². The van der Waals surface area contributed by atoms with Gasteiger partial charge in [0.15, 0.2) is 9.84 Å². The molecule has 0 bridgehead atoms. The van der Waals surface area contributed by atoms with E-state index in [0.29, 0.717) is 24.6 Å². The van der Waals surface area contributed by atoms with Gasteiger partial charge in [0, 0.05) is 17.4 Å². The Hall–Kier alpha value is -1.95. The topological polar surface area (TPSA) is 73.1 Å². The third-order valence-corrected chi connectivity index (χ3v) is 6.89. The van der Waals surface area contributed by atoms with Crippen LogP contribution in [0.3, 0.4) is 0 Å². The summed E-state index contributed by atoms with van der Waals surface area (Å²) in [5.74, 6) is 1.14. The van der Waals surface area contributed by atoms with Crippen LogP contribution in [0.4, 0.5) is 0 Å². The molecule has 0 spiro atoms. The summed E-state index contributed by atoms with van der Waals surface area (Å²) in [6, 6.07) is 7.49. The molecule has 1 fully saturated rings. The van der Waals surface area contributed by atoms with Gasteiger partial charge in [0.05, 0.1) is 4.75 Å². The van der Waals surface area contributed by atoms with E-state index >= 15 is 0 Å². The van der Waals surface area contributed by atoms with Crippen LogP contribution in [0.2, 0.25) is 0 Å². The molecule has 4 rings (SSSR count). The van der Waals surface area contributed by atoms with Gasteiger partial charge in [-0.15, -0.1) is 0 Å². The van der Waals surface area contributed by atoms with Crippen LogP contribution in [0.5, 0.6) is 0 Å². The Bertz CT molecular complexity index is 875. The molecule has 0 aliphatic heterocycles. The van der Waals surface area contributed by atoms with Crippen molar-refractivity contribution in [3.05, 3.63) is 41.8 Å². The van der Waals surface area contributed by atoms with E-state index in [0.717, 1.165) is 36.0 Å². The third kappa shape index (κ3) is 2.41. The average molecular weight is 330 g/mol. The number of hydrogen-bond donors (Lipinski definition) is 0. The minimum atomic E-state index is -3.09. The highest BCUT2D eigenvalue weighted by Crippen LogP contribution is 2.52. The van der Waals surface area contributed by atoms with Gasteiger partial charge in [-0.05, 0) is 37.7 Å². The van der Waals surface area contributed by atoms with Crippen LogP contribution in [0.15, 0.2) is 34.9 Å². The third-order valence-electron chi connectivity index (χ3n) is 4.82. The van der Waals surface area contributed by atoms with Crippen molar-refractivity contribution < 1.29 is 12.9 Å². The van der Waals surface area contributed by atoms with Crippen LogP contribution in [0.1, 0.15) is 43.6 Å². The van der Waals surface area contributed by atoms with Crippen LogP contribution in [0.25, 0.3) is 17.0 Å². The highest BCUT2D eigenvalue weighted by atomic mass is 32.2. The monoisotopic (exact) mass is 330 g/mol. The Morgan fingerprint density at radius 2 is 1.91 bits per heavy atom. The summed E-state index contributed by atoms with van der Waals surface area (Å²) in [6.45, 7) is 0. The van der Waals surface area contributed by atoms with Crippen LogP contribution in [0, 0.1) is 0 Å². The molecule has 0 unspecified atom stereocenters. The number of aromatic nitrogens is 2. The average Bonchev–Trinajstić information content (AvgIpc) is 2.98. The molecule has 2 aliphatic rings. The lowest BCUT2D eigenvalue weighted by Gasteiger charge is -2.13.